The summed E-state index contributed by atoms with van der Waals surface area (Å²) in [7, 11) is 1.66. The quantitative estimate of drug-likeness (QED) is 0.653. The van der Waals surface area contributed by atoms with Gasteiger partial charge >= 0.3 is 0 Å². The molecular formula is C26H37NO7. The van der Waals surface area contributed by atoms with Gasteiger partial charge in [0.15, 0.2) is 17.8 Å². The van der Waals surface area contributed by atoms with E-state index >= 15 is 0 Å². The van der Waals surface area contributed by atoms with Crippen LogP contribution in [0.5, 0.6) is 11.5 Å². The van der Waals surface area contributed by atoms with Crippen LogP contribution in [0.15, 0.2) is 18.2 Å². The van der Waals surface area contributed by atoms with Crippen LogP contribution in [0.1, 0.15) is 51.5 Å². The number of carbonyl (C=O) groups is 1. The molecule has 0 spiro atoms. The lowest BCUT2D eigenvalue weighted by Crippen LogP contribution is -2.63. The van der Waals surface area contributed by atoms with Gasteiger partial charge in [0.25, 0.3) is 0 Å². The molecule has 2 heterocycles. The van der Waals surface area contributed by atoms with E-state index in [-0.39, 0.29) is 41.8 Å². The molecule has 2 N–H and O–H groups in total. The van der Waals surface area contributed by atoms with Crippen molar-refractivity contribution in [3.05, 3.63) is 23.8 Å². The van der Waals surface area contributed by atoms with Crippen molar-refractivity contribution in [1.82, 2.24) is 5.32 Å². The molecule has 1 unspecified atom stereocenters. The van der Waals surface area contributed by atoms with Crippen LogP contribution in [0.3, 0.4) is 0 Å². The smallest absolute Gasteiger partial charge is 0.231 e. The van der Waals surface area contributed by atoms with Gasteiger partial charge in [-0.25, -0.2) is 0 Å². The fraction of sp³-hybridized carbons (Fsp3) is 0.731. The number of carbonyl (C=O) groups excluding carboxylic acids is 1. The third-order valence-electron chi connectivity index (χ3n) is 8.87. The molecule has 3 fully saturated rings. The van der Waals surface area contributed by atoms with Crippen molar-refractivity contribution in [3.63, 3.8) is 0 Å². The number of fused-ring (bicyclic) bond motifs is 4. The molecule has 7 atom stereocenters. The number of rotatable bonds is 6. The summed E-state index contributed by atoms with van der Waals surface area (Å²) >= 11 is 0. The number of methoxy groups -OCH3 is 1. The Morgan fingerprint density at radius 2 is 2.00 bits per heavy atom. The molecule has 0 radical (unpaired) electrons. The highest BCUT2D eigenvalue weighted by Crippen LogP contribution is 2.62. The highest BCUT2D eigenvalue weighted by Gasteiger charge is 2.61. The van der Waals surface area contributed by atoms with Gasteiger partial charge in [0, 0.05) is 25.5 Å². The predicted octanol–water partition coefficient (Wildman–Crippen LogP) is 3.00. The van der Waals surface area contributed by atoms with E-state index in [2.05, 4.69) is 19.2 Å². The summed E-state index contributed by atoms with van der Waals surface area (Å²) in [5.41, 5.74) is 0.666. The summed E-state index contributed by atoms with van der Waals surface area (Å²) < 4.78 is 28.3. The van der Waals surface area contributed by atoms with E-state index in [0.29, 0.717) is 44.3 Å². The zero-order valence-electron chi connectivity index (χ0n) is 20.4. The average molecular weight is 476 g/mol. The molecule has 2 aliphatic heterocycles. The van der Waals surface area contributed by atoms with Gasteiger partial charge in [-0.1, -0.05) is 19.9 Å². The summed E-state index contributed by atoms with van der Waals surface area (Å²) in [6.45, 7) is 6.22. The second kappa shape index (κ2) is 9.30. The van der Waals surface area contributed by atoms with Crippen molar-refractivity contribution in [3.8, 4) is 11.5 Å². The number of nitrogens with one attached hydrogen (secondary N) is 1. The summed E-state index contributed by atoms with van der Waals surface area (Å²) in [6, 6.07) is 5.70. The van der Waals surface area contributed by atoms with E-state index < -0.39 is 6.10 Å². The van der Waals surface area contributed by atoms with Crippen LogP contribution in [0.4, 0.5) is 0 Å². The Hall–Kier alpha value is -1.87. The van der Waals surface area contributed by atoms with Gasteiger partial charge in [0.2, 0.25) is 12.7 Å². The minimum Gasteiger partial charge on any atom is -0.454 e. The maximum atomic E-state index is 13.0. The minimum atomic E-state index is -0.482. The Bertz CT molecular complexity index is 909. The minimum absolute atomic E-state index is 0.0350. The molecular weight excluding hydrogens is 438 g/mol. The van der Waals surface area contributed by atoms with Crippen molar-refractivity contribution in [2.75, 3.05) is 27.1 Å². The van der Waals surface area contributed by atoms with Gasteiger partial charge in [0.1, 0.15) is 0 Å². The van der Waals surface area contributed by atoms with E-state index in [4.69, 9.17) is 23.7 Å². The van der Waals surface area contributed by atoms with Crippen molar-refractivity contribution < 1.29 is 33.6 Å². The molecule has 2 saturated carbocycles. The Morgan fingerprint density at radius 1 is 1.18 bits per heavy atom. The predicted molar refractivity (Wildman–Crippen MR) is 123 cm³/mol. The number of aliphatic hydroxyl groups excluding tert-OH is 1. The van der Waals surface area contributed by atoms with Gasteiger partial charge in [0.05, 0.1) is 25.4 Å². The van der Waals surface area contributed by atoms with Crippen molar-refractivity contribution in [2.45, 2.75) is 71.0 Å². The van der Waals surface area contributed by atoms with Crippen LogP contribution in [0, 0.1) is 22.7 Å². The molecule has 0 aromatic heterocycles. The van der Waals surface area contributed by atoms with Crippen molar-refractivity contribution in [2.24, 2.45) is 22.7 Å². The van der Waals surface area contributed by atoms with Gasteiger partial charge in [-0.2, -0.15) is 0 Å². The van der Waals surface area contributed by atoms with Crippen molar-refractivity contribution >= 4 is 5.91 Å². The van der Waals surface area contributed by atoms with E-state index in [1.54, 1.807) is 7.11 Å². The second-order valence-corrected chi connectivity index (χ2v) is 10.8. The molecule has 1 aromatic carbocycles. The normalized spacial score (nSPS) is 38.6. The molecule has 188 valence electrons. The lowest BCUT2D eigenvalue weighted by atomic mass is 9.46. The molecule has 4 aliphatic rings. The first-order chi connectivity index (χ1) is 16.3. The van der Waals surface area contributed by atoms with Gasteiger partial charge in [-0.15, -0.1) is 0 Å². The first-order valence-corrected chi connectivity index (χ1v) is 12.4. The van der Waals surface area contributed by atoms with Crippen LogP contribution in [0.2, 0.25) is 0 Å². The van der Waals surface area contributed by atoms with E-state index in [0.717, 1.165) is 30.6 Å². The summed E-state index contributed by atoms with van der Waals surface area (Å²) in [6.07, 6.45) is 3.06. The van der Waals surface area contributed by atoms with Crippen LogP contribution >= 0.6 is 0 Å². The number of hydrogen-bond acceptors (Lipinski definition) is 7. The Labute approximate surface area is 201 Å². The lowest BCUT2D eigenvalue weighted by molar-refractivity contribution is -0.315. The molecule has 8 nitrogen and oxygen atoms in total. The summed E-state index contributed by atoms with van der Waals surface area (Å²) in [5, 5.41) is 14.1. The standard InChI is InChI=1S/C26H37NO7/c1-25-9-8-22-26(2,14-31-24(34-22)13-30-3)21(25)7-5-18(28)17(25)11-23(29)27-12-16-4-6-19-20(10-16)33-15-32-19/h4,6,10,17-18,21-22,24,28H,5,7-9,11-15H2,1-3H3,(H,27,29)/t17-,18-,21?,22-,24-,25+,26+/m1/s1. The maximum Gasteiger partial charge on any atom is 0.231 e. The highest BCUT2D eigenvalue weighted by atomic mass is 16.7. The SMILES string of the molecule is COC[C@@H]1OC[C@@]2(C)C3CC[C@@H](O)[C@@H](CC(=O)NCc4ccc5c(c4)OCO5)[C@]3(C)CC[C@H]2O1. The fourth-order valence-electron chi connectivity index (χ4n) is 7.03. The molecule has 8 heteroatoms. The molecule has 34 heavy (non-hydrogen) atoms. The van der Waals surface area contributed by atoms with Gasteiger partial charge < -0.3 is 34.1 Å². The molecule has 0 bridgehead atoms. The van der Waals surface area contributed by atoms with E-state index in [9.17, 15) is 9.90 Å². The zero-order chi connectivity index (χ0) is 23.9. The third-order valence-corrected chi connectivity index (χ3v) is 8.87. The number of amides is 1. The average Bonchev–Trinajstić information content (AvgIpc) is 3.28. The topological polar surface area (TPSA) is 95.5 Å². The molecule has 1 aromatic rings. The number of benzene rings is 1. The van der Waals surface area contributed by atoms with E-state index in [1.165, 1.54) is 0 Å². The Morgan fingerprint density at radius 3 is 2.82 bits per heavy atom. The molecule has 5 rings (SSSR count). The molecule has 1 amide bonds. The zero-order valence-corrected chi connectivity index (χ0v) is 20.4. The highest BCUT2D eigenvalue weighted by molar-refractivity contribution is 5.76. The Balaban J connectivity index is 1.25. The van der Waals surface area contributed by atoms with Gasteiger partial charge in [-0.05, 0) is 60.6 Å². The van der Waals surface area contributed by atoms with Crippen LogP contribution in [-0.2, 0) is 25.5 Å². The number of ether oxygens (including phenoxy) is 5. The van der Waals surface area contributed by atoms with Gasteiger partial charge in [-0.3, -0.25) is 4.79 Å². The summed E-state index contributed by atoms with van der Waals surface area (Å²) in [4.78, 5) is 13.0. The lowest BCUT2D eigenvalue weighted by Gasteiger charge is -2.62. The third kappa shape index (κ3) is 4.19. The maximum absolute atomic E-state index is 13.0. The van der Waals surface area contributed by atoms with Crippen molar-refractivity contribution in [1.29, 1.82) is 0 Å². The monoisotopic (exact) mass is 475 g/mol. The van der Waals surface area contributed by atoms with Crippen LogP contribution in [0.25, 0.3) is 0 Å². The summed E-state index contributed by atoms with van der Waals surface area (Å²) in [5.74, 6) is 1.62. The first-order valence-electron chi connectivity index (χ1n) is 12.4. The Kier molecular flexibility index (Phi) is 6.52. The van der Waals surface area contributed by atoms with Crippen LogP contribution < -0.4 is 14.8 Å². The van der Waals surface area contributed by atoms with Crippen LogP contribution in [-0.4, -0.2) is 56.6 Å². The number of aliphatic hydroxyl groups is 1. The molecule has 1 saturated heterocycles. The fourth-order valence-corrected chi connectivity index (χ4v) is 7.03. The first kappa shape index (κ1) is 23.9. The van der Waals surface area contributed by atoms with E-state index in [1.807, 2.05) is 18.2 Å². The largest absolute Gasteiger partial charge is 0.454 e. The molecule has 2 aliphatic carbocycles. The number of hydrogen-bond donors (Lipinski definition) is 2. The second-order valence-electron chi connectivity index (χ2n) is 10.8.